The van der Waals surface area contributed by atoms with Crippen LogP contribution < -0.4 is 14.8 Å². The summed E-state index contributed by atoms with van der Waals surface area (Å²) in [5.41, 5.74) is -0.530. The molecule has 4 heteroatoms. The molecule has 18 heavy (non-hydrogen) atoms. The third-order valence-corrected chi connectivity index (χ3v) is 3.25. The number of rotatable bonds is 4. The molecule has 1 unspecified atom stereocenters. The van der Waals surface area contributed by atoms with Gasteiger partial charge in [0.2, 0.25) is 0 Å². The van der Waals surface area contributed by atoms with Crippen LogP contribution in [-0.4, -0.2) is 25.8 Å². The Morgan fingerprint density at radius 2 is 2.00 bits per heavy atom. The molecule has 0 spiro atoms. The van der Waals surface area contributed by atoms with Crippen LogP contribution in [-0.2, 0) is 0 Å². The van der Waals surface area contributed by atoms with Crippen molar-refractivity contribution >= 4 is 0 Å². The van der Waals surface area contributed by atoms with Crippen LogP contribution in [0, 0.1) is 11.3 Å². The van der Waals surface area contributed by atoms with Crippen molar-refractivity contribution in [2.24, 2.45) is 0 Å². The van der Waals surface area contributed by atoms with E-state index >= 15 is 0 Å². The largest absolute Gasteiger partial charge is 0.497 e. The second-order valence-corrected chi connectivity index (χ2v) is 4.54. The molecule has 1 aliphatic heterocycles. The lowest BCUT2D eigenvalue weighted by Crippen LogP contribution is -2.51. The summed E-state index contributed by atoms with van der Waals surface area (Å²) in [5.74, 6) is 1.56. The summed E-state index contributed by atoms with van der Waals surface area (Å²) < 4.78 is 10.8. The SMILES string of the molecule is COc1ccc(OCC2(C#N)CCCCN2)cc1. The van der Waals surface area contributed by atoms with Crippen LogP contribution in [0.4, 0.5) is 0 Å². The van der Waals surface area contributed by atoms with E-state index in [-0.39, 0.29) is 0 Å². The van der Waals surface area contributed by atoms with Gasteiger partial charge in [-0.25, -0.2) is 0 Å². The maximum absolute atomic E-state index is 9.29. The van der Waals surface area contributed by atoms with E-state index < -0.39 is 5.54 Å². The van der Waals surface area contributed by atoms with Gasteiger partial charge < -0.3 is 9.47 Å². The van der Waals surface area contributed by atoms with Gasteiger partial charge in [-0.2, -0.15) is 5.26 Å². The number of hydrogen-bond donors (Lipinski definition) is 1. The topological polar surface area (TPSA) is 54.3 Å². The van der Waals surface area contributed by atoms with Crippen LogP contribution in [0.2, 0.25) is 0 Å². The van der Waals surface area contributed by atoms with Crippen LogP contribution in [0.25, 0.3) is 0 Å². The molecule has 1 saturated heterocycles. The predicted octanol–water partition coefficient (Wildman–Crippen LogP) is 2.11. The third-order valence-electron chi connectivity index (χ3n) is 3.25. The van der Waals surface area contributed by atoms with Crippen molar-refractivity contribution in [2.45, 2.75) is 24.8 Å². The minimum absolute atomic E-state index is 0.385. The highest BCUT2D eigenvalue weighted by molar-refractivity contribution is 5.31. The summed E-state index contributed by atoms with van der Waals surface area (Å²) in [6.45, 7) is 1.27. The zero-order valence-corrected chi connectivity index (χ0v) is 10.6. The molecule has 1 aromatic rings. The van der Waals surface area contributed by atoms with Crippen molar-refractivity contribution in [2.75, 3.05) is 20.3 Å². The van der Waals surface area contributed by atoms with Crippen molar-refractivity contribution in [1.29, 1.82) is 5.26 Å². The fourth-order valence-corrected chi connectivity index (χ4v) is 2.10. The van der Waals surface area contributed by atoms with E-state index in [0.29, 0.717) is 6.61 Å². The Balaban J connectivity index is 1.95. The van der Waals surface area contributed by atoms with E-state index in [0.717, 1.165) is 37.3 Å². The summed E-state index contributed by atoms with van der Waals surface area (Å²) in [7, 11) is 1.63. The van der Waals surface area contributed by atoms with Gasteiger partial charge in [0.25, 0.3) is 0 Å². The average molecular weight is 246 g/mol. The van der Waals surface area contributed by atoms with E-state index in [1.54, 1.807) is 7.11 Å². The van der Waals surface area contributed by atoms with Crippen molar-refractivity contribution < 1.29 is 9.47 Å². The van der Waals surface area contributed by atoms with Gasteiger partial charge in [0.15, 0.2) is 0 Å². The molecular weight excluding hydrogens is 228 g/mol. The number of piperidine rings is 1. The molecule has 0 amide bonds. The molecule has 1 aliphatic rings. The predicted molar refractivity (Wildman–Crippen MR) is 68.7 cm³/mol. The lowest BCUT2D eigenvalue weighted by atomic mass is 9.91. The average Bonchev–Trinajstić information content (AvgIpc) is 2.47. The van der Waals surface area contributed by atoms with Crippen LogP contribution in [0.3, 0.4) is 0 Å². The number of nitrogens with one attached hydrogen (secondary N) is 1. The molecule has 0 bridgehead atoms. The van der Waals surface area contributed by atoms with Crippen LogP contribution in [0.1, 0.15) is 19.3 Å². The molecule has 1 fully saturated rings. The number of hydrogen-bond acceptors (Lipinski definition) is 4. The van der Waals surface area contributed by atoms with Gasteiger partial charge in [0, 0.05) is 0 Å². The monoisotopic (exact) mass is 246 g/mol. The van der Waals surface area contributed by atoms with Crippen molar-refractivity contribution in [3.8, 4) is 17.6 Å². The second-order valence-electron chi connectivity index (χ2n) is 4.54. The molecule has 0 aromatic heterocycles. The second kappa shape index (κ2) is 5.74. The van der Waals surface area contributed by atoms with E-state index in [4.69, 9.17) is 9.47 Å². The molecular formula is C14H18N2O2. The van der Waals surface area contributed by atoms with Crippen LogP contribution in [0.5, 0.6) is 11.5 Å². The van der Waals surface area contributed by atoms with Gasteiger partial charge >= 0.3 is 0 Å². The Kier molecular flexibility index (Phi) is 4.06. The first-order valence-electron chi connectivity index (χ1n) is 6.21. The summed E-state index contributed by atoms with van der Waals surface area (Å²) in [5, 5.41) is 12.6. The first-order valence-corrected chi connectivity index (χ1v) is 6.21. The number of methoxy groups -OCH3 is 1. The Morgan fingerprint density at radius 1 is 1.28 bits per heavy atom. The van der Waals surface area contributed by atoms with Gasteiger partial charge in [-0.15, -0.1) is 0 Å². The van der Waals surface area contributed by atoms with Crippen LogP contribution >= 0.6 is 0 Å². The van der Waals surface area contributed by atoms with Crippen molar-refractivity contribution in [3.05, 3.63) is 24.3 Å². The van der Waals surface area contributed by atoms with E-state index in [9.17, 15) is 5.26 Å². The highest BCUT2D eigenvalue weighted by Gasteiger charge is 2.32. The van der Waals surface area contributed by atoms with Crippen molar-refractivity contribution in [3.63, 3.8) is 0 Å². The fraction of sp³-hybridized carbons (Fsp3) is 0.500. The highest BCUT2D eigenvalue weighted by atomic mass is 16.5. The molecule has 1 atom stereocenters. The fourth-order valence-electron chi connectivity index (χ4n) is 2.10. The summed E-state index contributed by atoms with van der Waals surface area (Å²) in [6, 6.07) is 9.76. The lowest BCUT2D eigenvalue weighted by molar-refractivity contribution is 0.192. The number of ether oxygens (including phenoxy) is 2. The highest BCUT2D eigenvalue weighted by Crippen LogP contribution is 2.22. The molecule has 2 rings (SSSR count). The summed E-state index contributed by atoms with van der Waals surface area (Å²) >= 11 is 0. The zero-order valence-electron chi connectivity index (χ0n) is 10.6. The smallest absolute Gasteiger partial charge is 0.141 e. The zero-order chi connectivity index (χ0) is 12.8. The van der Waals surface area contributed by atoms with Gasteiger partial charge in [0.05, 0.1) is 13.2 Å². The van der Waals surface area contributed by atoms with Gasteiger partial charge in [-0.3, -0.25) is 5.32 Å². The number of benzene rings is 1. The first-order chi connectivity index (χ1) is 8.78. The van der Waals surface area contributed by atoms with Crippen molar-refractivity contribution in [1.82, 2.24) is 5.32 Å². The Bertz CT molecular complexity index is 416. The molecule has 0 radical (unpaired) electrons. The standard InChI is InChI=1S/C14H18N2O2/c1-17-12-4-6-13(7-5-12)18-11-14(10-15)8-2-3-9-16-14/h4-7,16H,2-3,8-9,11H2,1H3. The molecule has 1 aromatic carbocycles. The molecule has 0 saturated carbocycles. The molecule has 0 aliphatic carbocycles. The first kappa shape index (κ1) is 12.7. The van der Waals surface area contributed by atoms with Gasteiger partial charge in [0.1, 0.15) is 23.6 Å². The van der Waals surface area contributed by atoms with E-state index in [1.807, 2.05) is 24.3 Å². The quantitative estimate of drug-likeness (QED) is 0.884. The minimum Gasteiger partial charge on any atom is -0.497 e. The van der Waals surface area contributed by atoms with E-state index in [1.165, 1.54) is 0 Å². The van der Waals surface area contributed by atoms with E-state index in [2.05, 4.69) is 11.4 Å². The molecule has 1 heterocycles. The third kappa shape index (κ3) is 2.93. The maximum Gasteiger partial charge on any atom is 0.141 e. The molecule has 1 N–H and O–H groups in total. The Labute approximate surface area is 108 Å². The number of nitrogens with zero attached hydrogens (tertiary/aromatic N) is 1. The summed E-state index contributed by atoms with van der Waals surface area (Å²) in [4.78, 5) is 0. The summed E-state index contributed by atoms with van der Waals surface area (Å²) in [6.07, 6.45) is 3.05. The Morgan fingerprint density at radius 3 is 2.56 bits per heavy atom. The van der Waals surface area contributed by atoms with Gasteiger partial charge in [-0.05, 0) is 50.1 Å². The van der Waals surface area contributed by atoms with Gasteiger partial charge in [-0.1, -0.05) is 0 Å². The maximum atomic E-state index is 9.29. The molecule has 96 valence electrons. The minimum atomic E-state index is -0.530. The molecule has 4 nitrogen and oxygen atoms in total. The number of nitriles is 1. The lowest BCUT2D eigenvalue weighted by Gasteiger charge is -2.31. The Hall–Kier alpha value is -1.73. The van der Waals surface area contributed by atoms with Crippen LogP contribution in [0.15, 0.2) is 24.3 Å². The normalized spacial score (nSPS) is 23.1.